The summed E-state index contributed by atoms with van der Waals surface area (Å²) in [7, 11) is 1.66. The second-order valence-electron chi connectivity index (χ2n) is 6.01. The first-order valence-corrected chi connectivity index (χ1v) is 10.1. The summed E-state index contributed by atoms with van der Waals surface area (Å²) in [6.45, 7) is 0. The van der Waals surface area contributed by atoms with Crippen LogP contribution in [0.4, 0.5) is 10.8 Å². The van der Waals surface area contributed by atoms with Crippen LogP contribution in [0.1, 0.15) is 0 Å². The fraction of sp³-hybridized carbons (Fsp3) is 0.0455. The summed E-state index contributed by atoms with van der Waals surface area (Å²) in [5.41, 5.74) is 3.66. The highest BCUT2D eigenvalue weighted by Gasteiger charge is 2.16. The molecule has 0 unspecified atom stereocenters. The molecule has 0 bridgehead atoms. The van der Waals surface area contributed by atoms with Crippen LogP contribution in [0.25, 0.3) is 21.7 Å². The third-order valence-corrected chi connectivity index (χ3v) is 5.87. The van der Waals surface area contributed by atoms with Gasteiger partial charge < -0.3 is 10.1 Å². The van der Waals surface area contributed by atoms with Gasteiger partial charge in [-0.2, -0.15) is 0 Å². The van der Waals surface area contributed by atoms with Gasteiger partial charge in [0.2, 0.25) is 0 Å². The van der Waals surface area contributed by atoms with Crippen LogP contribution in [-0.2, 0) is 0 Å². The third-order valence-electron chi connectivity index (χ3n) is 4.22. The number of nitrogens with zero attached hydrogens (tertiary/aromatic N) is 1. The number of hydrogen-bond donors (Lipinski definition) is 1. The Morgan fingerprint density at radius 3 is 2.14 bits per heavy atom. The largest absolute Gasteiger partial charge is 0.497 e. The Balaban J connectivity index is 1.80. The van der Waals surface area contributed by atoms with E-state index in [9.17, 15) is 0 Å². The molecule has 1 aromatic heterocycles. The van der Waals surface area contributed by atoms with Crippen molar-refractivity contribution in [2.45, 2.75) is 0 Å². The molecule has 0 aliphatic carbocycles. The lowest BCUT2D eigenvalue weighted by Crippen LogP contribution is -1.92. The van der Waals surface area contributed by atoms with Crippen LogP contribution in [0.5, 0.6) is 5.75 Å². The molecule has 0 saturated carbocycles. The van der Waals surface area contributed by atoms with Gasteiger partial charge >= 0.3 is 0 Å². The summed E-state index contributed by atoms with van der Waals surface area (Å²) < 4.78 is 5.27. The van der Waals surface area contributed by atoms with Crippen molar-refractivity contribution < 1.29 is 4.74 Å². The maximum absolute atomic E-state index is 6.31. The second-order valence-corrected chi connectivity index (χ2v) is 7.83. The van der Waals surface area contributed by atoms with Crippen molar-refractivity contribution in [1.82, 2.24) is 4.98 Å². The van der Waals surface area contributed by atoms with E-state index in [4.69, 9.17) is 32.9 Å². The second kappa shape index (κ2) is 8.23. The minimum absolute atomic E-state index is 0.551. The molecule has 1 heterocycles. The number of thiazole rings is 1. The van der Waals surface area contributed by atoms with Crippen molar-refractivity contribution in [2.24, 2.45) is 0 Å². The van der Waals surface area contributed by atoms with Crippen molar-refractivity contribution in [3.05, 3.63) is 82.8 Å². The molecular weight excluding hydrogens is 411 g/mol. The number of aromatic nitrogens is 1. The molecule has 4 aromatic rings. The SMILES string of the molecule is COc1ccc(-c2nc(Nc3c(Cl)cccc3Cl)sc2-c2ccccc2)cc1. The summed E-state index contributed by atoms with van der Waals surface area (Å²) in [4.78, 5) is 5.91. The molecular formula is C22H16Cl2N2OS. The average molecular weight is 427 g/mol. The van der Waals surface area contributed by atoms with E-state index < -0.39 is 0 Å². The third kappa shape index (κ3) is 3.85. The van der Waals surface area contributed by atoms with Crippen molar-refractivity contribution in [3.8, 4) is 27.4 Å². The molecule has 140 valence electrons. The van der Waals surface area contributed by atoms with E-state index in [1.54, 1.807) is 30.6 Å². The molecule has 0 atom stereocenters. The molecule has 0 aliphatic heterocycles. The first-order valence-electron chi connectivity index (χ1n) is 8.57. The lowest BCUT2D eigenvalue weighted by Gasteiger charge is -2.07. The zero-order valence-corrected chi connectivity index (χ0v) is 17.3. The van der Waals surface area contributed by atoms with Crippen molar-refractivity contribution in [2.75, 3.05) is 12.4 Å². The van der Waals surface area contributed by atoms with Gasteiger partial charge in [0.15, 0.2) is 5.13 Å². The Labute approximate surface area is 177 Å². The average Bonchev–Trinajstić information content (AvgIpc) is 3.15. The zero-order chi connectivity index (χ0) is 19.5. The van der Waals surface area contributed by atoms with Gasteiger partial charge in [0, 0.05) is 5.56 Å². The molecule has 0 spiro atoms. The Morgan fingerprint density at radius 1 is 0.821 bits per heavy atom. The van der Waals surface area contributed by atoms with Crippen molar-refractivity contribution in [1.29, 1.82) is 0 Å². The molecule has 4 rings (SSSR count). The van der Waals surface area contributed by atoms with E-state index in [-0.39, 0.29) is 0 Å². The molecule has 0 aliphatic rings. The normalized spacial score (nSPS) is 10.7. The number of rotatable bonds is 5. The summed E-state index contributed by atoms with van der Waals surface area (Å²) >= 11 is 14.2. The highest BCUT2D eigenvalue weighted by atomic mass is 35.5. The molecule has 3 aromatic carbocycles. The van der Waals surface area contributed by atoms with Crippen LogP contribution in [0, 0.1) is 0 Å². The fourth-order valence-corrected chi connectivity index (χ4v) is 4.32. The molecule has 28 heavy (non-hydrogen) atoms. The van der Waals surface area contributed by atoms with Gasteiger partial charge in [-0.3, -0.25) is 0 Å². The van der Waals surface area contributed by atoms with Crippen LogP contribution in [-0.4, -0.2) is 12.1 Å². The predicted molar refractivity (Wildman–Crippen MR) is 119 cm³/mol. The highest BCUT2D eigenvalue weighted by Crippen LogP contribution is 2.42. The quantitative estimate of drug-likeness (QED) is 0.357. The van der Waals surface area contributed by atoms with Gasteiger partial charge in [-0.25, -0.2) is 4.98 Å². The van der Waals surface area contributed by atoms with Gasteiger partial charge in [0.25, 0.3) is 0 Å². The summed E-state index contributed by atoms with van der Waals surface area (Å²) in [6.07, 6.45) is 0. The lowest BCUT2D eigenvalue weighted by atomic mass is 10.1. The van der Waals surface area contributed by atoms with Crippen LogP contribution >= 0.6 is 34.5 Å². The fourth-order valence-electron chi connectivity index (χ4n) is 2.83. The Kier molecular flexibility index (Phi) is 5.53. The van der Waals surface area contributed by atoms with Crippen LogP contribution in [0.3, 0.4) is 0 Å². The van der Waals surface area contributed by atoms with E-state index in [0.29, 0.717) is 15.7 Å². The number of benzene rings is 3. The maximum Gasteiger partial charge on any atom is 0.188 e. The summed E-state index contributed by atoms with van der Waals surface area (Å²) in [5.74, 6) is 0.807. The number of para-hydroxylation sites is 1. The smallest absolute Gasteiger partial charge is 0.188 e. The molecule has 0 saturated heterocycles. The number of nitrogens with one attached hydrogen (secondary N) is 1. The topological polar surface area (TPSA) is 34.1 Å². The van der Waals surface area contributed by atoms with Gasteiger partial charge in [-0.05, 0) is 42.0 Å². The zero-order valence-electron chi connectivity index (χ0n) is 14.9. The van der Waals surface area contributed by atoms with Gasteiger partial charge in [0.1, 0.15) is 5.75 Å². The molecule has 1 N–H and O–H groups in total. The minimum atomic E-state index is 0.551. The molecule has 6 heteroatoms. The maximum atomic E-state index is 6.31. The Bertz CT molecular complexity index is 1080. The monoisotopic (exact) mass is 426 g/mol. The Hall–Kier alpha value is -2.53. The van der Waals surface area contributed by atoms with E-state index in [1.807, 2.05) is 48.5 Å². The molecule has 0 radical (unpaired) electrons. The summed E-state index contributed by atoms with van der Waals surface area (Å²) in [6, 6.07) is 23.5. The van der Waals surface area contributed by atoms with E-state index >= 15 is 0 Å². The molecule has 0 amide bonds. The standard InChI is InChI=1S/C22H16Cl2N2OS/c1-27-16-12-10-14(11-13-16)19-21(15-6-3-2-4-7-15)28-22(25-19)26-20-17(23)8-5-9-18(20)24/h2-13H,1H3,(H,25,26). The van der Waals surface area contributed by atoms with Gasteiger partial charge in [-0.1, -0.05) is 70.9 Å². The van der Waals surface area contributed by atoms with Crippen LogP contribution in [0.2, 0.25) is 10.0 Å². The van der Waals surface area contributed by atoms with Crippen LogP contribution in [0.15, 0.2) is 72.8 Å². The highest BCUT2D eigenvalue weighted by molar-refractivity contribution is 7.19. The minimum Gasteiger partial charge on any atom is -0.497 e. The summed E-state index contributed by atoms with van der Waals surface area (Å²) in [5, 5.41) is 5.11. The number of halogens is 2. The predicted octanol–water partition coefficient (Wildman–Crippen LogP) is 7.54. The number of anilines is 2. The van der Waals surface area contributed by atoms with E-state index in [2.05, 4.69) is 17.4 Å². The first kappa shape index (κ1) is 18.8. The lowest BCUT2D eigenvalue weighted by molar-refractivity contribution is 0.415. The Morgan fingerprint density at radius 2 is 1.50 bits per heavy atom. The van der Waals surface area contributed by atoms with Gasteiger partial charge in [-0.15, -0.1) is 0 Å². The molecule has 0 fully saturated rings. The number of ether oxygens (including phenoxy) is 1. The number of hydrogen-bond acceptors (Lipinski definition) is 4. The van der Waals surface area contributed by atoms with Crippen LogP contribution < -0.4 is 10.1 Å². The van der Waals surface area contributed by atoms with Gasteiger partial charge in [0.05, 0.1) is 33.4 Å². The first-order chi connectivity index (χ1) is 13.7. The van der Waals surface area contributed by atoms with Crippen molar-refractivity contribution in [3.63, 3.8) is 0 Å². The number of methoxy groups -OCH3 is 1. The van der Waals surface area contributed by atoms with Crippen molar-refractivity contribution >= 4 is 45.4 Å². The van der Waals surface area contributed by atoms with E-state index in [1.165, 1.54) is 0 Å². The molecule has 3 nitrogen and oxygen atoms in total. The van der Waals surface area contributed by atoms with E-state index in [0.717, 1.165) is 32.6 Å².